The van der Waals surface area contributed by atoms with Gasteiger partial charge in [0.25, 0.3) is 0 Å². The third-order valence-electron chi connectivity index (χ3n) is 2.91. The Morgan fingerprint density at radius 3 is 2.74 bits per heavy atom. The molecule has 0 fully saturated rings. The third-order valence-corrected chi connectivity index (χ3v) is 3.60. The van der Waals surface area contributed by atoms with Crippen LogP contribution in [0.2, 0.25) is 0 Å². The molecule has 0 bridgehead atoms. The summed E-state index contributed by atoms with van der Waals surface area (Å²) in [5.41, 5.74) is 3.64. The van der Waals surface area contributed by atoms with Crippen molar-refractivity contribution in [1.29, 1.82) is 5.26 Å². The number of halogens is 1. The number of nitriles is 1. The molecule has 0 radical (unpaired) electrons. The summed E-state index contributed by atoms with van der Waals surface area (Å²) in [5.74, 6) is 0. The fourth-order valence-electron chi connectivity index (χ4n) is 1.98. The molecular formula is C14H9BrN4. The van der Waals surface area contributed by atoms with Gasteiger partial charge in [-0.3, -0.25) is 0 Å². The van der Waals surface area contributed by atoms with Crippen LogP contribution < -0.4 is 0 Å². The molecule has 0 aliphatic rings. The van der Waals surface area contributed by atoms with Crippen LogP contribution in [0.1, 0.15) is 11.4 Å². The van der Waals surface area contributed by atoms with E-state index in [2.05, 4.69) is 32.1 Å². The zero-order chi connectivity index (χ0) is 13.4. The molecule has 92 valence electrons. The molecule has 2 aromatic heterocycles. The van der Waals surface area contributed by atoms with E-state index in [4.69, 9.17) is 5.26 Å². The molecule has 5 heteroatoms. The van der Waals surface area contributed by atoms with E-state index >= 15 is 0 Å². The first-order chi connectivity index (χ1) is 9.20. The summed E-state index contributed by atoms with van der Waals surface area (Å²) in [6.45, 7) is 1.81. The van der Waals surface area contributed by atoms with E-state index in [0.717, 1.165) is 15.7 Å². The van der Waals surface area contributed by atoms with Crippen molar-refractivity contribution >= 4 is 21.6 Å². The van der Waals surface area contributed by atoms with E-state index < -0.39 is 0 Å². The molecule has 1 aromatic carbocycles. The van der Waals surface area contributed by atoms with Gasteiger partial charge in [0.05, 0.1) is 11.4 Å². The molecule has 0 unspecified atom stereocenters. The highest BCUT2D eigenvalue weighted by atomic mass is 79.9. The predicted molar refractivity (Wildman–Crippen MR) is 75.6 cm³/mol. The fraction of sp³-hybridized carbons (Fsp3) is 0.0714. The normalized spacial score (nSPS) is 10.6. The molecule has 0 spiro atoms. The Bertz CT molecular complexity index is 814. The number of hydrogen-bond donors (Lipinski definition) is 0. The molecule has 0 saturated carbocycles. The number of fused-ring (bicyclic) bond motifs is 1. The molecule has 0 amide bonds. The molecule has 0 N–H and O–H groups in total. The average molecular weight is 313 g/mol. The monoisotopic (exact) mass is 312 g/mol. The Kier molecular flexibility index (Phi) is 2.80. The van der Waals surface area contributed by atoms with Crippen LogP contribution in [0.3, 0.4) is 0 Å². The molecule has 19 heavy (non-hydrogen) atoms. The van der Waals surface area contributed by atoms with E-state index in [1.807, 2.05) is 43.3 Å². The van der Waals surface area contributed by atoms with Gasteiger partial charge in [0.2, 0.25) is 0 Å². The summed E-state index contributed by atoms with van der Waals surface area (Å²) in [6.07, 6.45) is 0. The molecular weight excluding hydrogens is 304 g/mol. The first-order valence-electron chi connectivity index (χ1n) is 5.72. The Hall–Kier alpha value is -2.19. The van der Waals surface area contributed by atoms with E-state index in [-0.39, 0.29) is 0 Å². The van der Waals surface area contributed by atoms with E-state index in [0.29, 0.717) is 17.0 Å². The van der Waals surface area contributed by atoms with E-state index in [1.54, 1.807) is 4.52 Å². The summed E-state index contributed by atoms with van der Waals surface area (Å²) >= 11 is 3.51. The first kappa shape index (κ1) is 11.9. The van der Waals surface area contributed by atoms with Crippen LogP contribution in [0.15, 0.2) is 40.9 Å². The summed E-state index contributed by atoms with van der Waals surface area (Å²) in [6, 6.07) is 13.8. The Labute approximate surface area is 118 Å². The van der Waals surface area contributed by atoms with Crippen molar-refractivity contribution in [3.8, 4) is 17.3 Å². The summed E-state index contributed by atoms with van der Waals surface area (Å²) < 4.78 is 2.56. The summed E-state index contributed by atoms with van der Waals surface area (Å²) in [4.78, 5) is 4.31. The number of benzene rings is 1. The maximum Gasteiger partial charge on any atom is 0.165 e. The van der Waals surface area contributed by atoms with Crippen LogP contribution in [0, 0.1) is 18.3 Å². The standard InChI is InChI=1S/C14H9BrN4/c1-9-13(8-16)19-14(17-9)7-6-12(18-19)10-4-2-3-5-11(10)15/h2-7H,1H3. The van der Waals surface area contributed by atoms with Gasteiger partial charge >= 0.3 is 0 Å². The topological polar surface area (TPSA) is 54.0 Å². The van der Waals surface area contributed by atoms with Gasteiger partial charge in [0.1, 0.15) is 6.07 Å². The van der Waals surface area contributed by atoms with Crippen molar-refractivity contribution in [3.05, 3.63) is 52.3 Å². The van der Waals surface area contributed by atoms with Gasteiger partial charge in [-0.25, -0.2) is 9.50 Å². The number of nitrogens with zero attached hydrogens (tertiary/aromatic N) is 4. The Balaban J connectivity index is 2.28. The second-order valence-electron chi connectivity index (χ2n) is 4.13. The number of imidazole rings is 1. The first-order valence-corrected chi connectivity index (χ1v) is 6.51. The summed E-state index contributed by atoms with van der Waals surface area (Å²) in [7, 11) is 0. The van der Waals surface area contributed by atoms with Gasteiger partial charge < -0.3 is 0 Å². The number of rotatable bonds is 1. The lowest BCUT2D eigenvalue weighted by Crippen LogP contribution is -1.97. The lowest BCUT2D eigenvalue weighted by atomic mass is 10.1. The predicted octanol–water partition coefficient (Wildman–Crippen LogP) is 3.34. The van der Waals surface area contributed by atoms with Crippen molar-refractivity contribution in [2.24, 2.45) is 0 Å². The third kappa shape index (κ3) is 1.90. The van der Waals surface area contributed by atoms with Crippen molar-refractivity contribution in [2.75, 3.05) is 0 Å². The molecule has 4 nitrogen and oxygen atoms in total. The molecule has 0 saturated heterocycles. The van der Waals surface area contributed by atoms with Crippen LogP contribution in [-0.2, 0) is 0 Å². The highest BCUT2D eigenvalue weighted by Crippen LogP contribution is 2.26. The number of hydrogen-bond acceptors (Lipinski definition) is 3. The zero-order valence-electron chi connectivity index (χ0n) is 10.1. The van der Waals surface area contributed by atoms with E-state index in [1.165, 1.54) is 0 Å². The number of aryl methyl sites for hydroxylation is 1. The quantitative estimate of drug-likeness (QED) is 0.692. The summed E-state index contributed by atoms with van der Waals surface area (Å²) in [5, 5.41) is 13.7. The Morgan fingerprint density at radius 1 is 1.21 bits per heavy atom. The van der Waals surface area contributed by atoms with Gasteiger partial charge in [0, 0.05) is 10.0 Å². The maximum atomic E-state index is 9.16. The van der Waals surface area contributed by atoms with Gasteiger partial charge in [-0.15, -0.1) is 0 Å². The lowest BCUT2D eigenvalue weighted by Gasteiger charge is -2.04. The zero-order valence-corrected chi connectivity index (χ0v) is 11.7. The molecule has 0 atom stereocenters. The molecule has 3 aromatic rings. The van der Waals surface area contributed by atoms with Crippen LogP contribution in [0.4, 0.5) is 0 Å². The van der Waals surface area contributed by atoms with Crippen molar-refractivity contribution in [2.45, 2.75) is 6.92 Å². The van der Waals surface area contributed by atoms with Gasteiger partial charge in [0.15, 0.2) is 11.3 Å². The highest BCUT2D eigenvalue weighted by molar-refractivity contribution is 9.10. The maximum absolute atomic E-state index is 9.16. The van der Waals surface area contributed by atoms with Crippen LogP contribution >= 0.6 is 15.9 Å². The smallest absolute Gasteiger partial charge is 0.165 e. The molecule has 0 aliphatic carbocycles. The van der Waals surface area contributed by atoms with Gasteiger partial charge in [-0.1, -0.05) is 34.1 Å². The van der Waals surface area contributed by atoms with Gasteiger partial charge in [-0.05, 0) is 25.1 Å². The molecule has 3 rings (SSSR count). The van der Waals surface area contributed by atoms with Crippen molar-refractivity contribution in [3.63, 3.8) is 0 Å². The largest absolute Gasteiger partial charge is 0.231 e. The van der Waals surface area contributed by atoms with Crippen molar-refractivity contribution < 1.29 is 0 Å². The molecule has 0 aliphatic heterocycles. The SMILES string of the molecule is Cc1nc2ccc(-c3ccccc3Br)nn2c1C#N. The highest BCUT2D eigenvalue weighted by Gasteiger charge is 2.11. The second kappa shape index (κ2) is 4.48. The van der Waals surface area contributed by atoms with Crippen LogP contribution in [0.25, 0.3) is 16.9 Å². The second-order valence-corrected chi connectivity index (χ2v) is 4.98. The molecule has 2 heterocycles. The number of aromatic nitrogens is 3. The van der Waals surface area contributed by atoms with Crippen molar-refractivity contribution in [1.82, 2.24) is 14.6 Å². The minimum atomic E-state index is 0.476. The van der Waals surface area contributed by atoms with E-state index in [9.17, 15) is 0 Å². The van der Waals surface area contributed by atoms with Crippen LogP contribution in [-0.4, -0.2) is 14.6 Å². The Morgan fingerprint density at radius 2 is 2.00 bits per heavy atom. The van der Waals surface area contributed by atoms with Crippen LogP contribution in [0.5, 0.6) is 0 Å². The minimum absolute atomic E-state index is 0.476. The lowest BCUT2D eigenvalue weighted by molar-refractivity contribution is 0.924. The fourth-order valence-corrected chi connectivity index (χ4v) is 2.47. The average Bonchev–Trinajstić information content (AvgIpc) is 2.73. The van der Waals surface area contributed by atoms with Gasteiger partial charge in [-0.2, -0.15) is 10.4 Å². The minimum Gasteiger partial charge on any atom is -0.231 e.